The predicted octanol–water partition coefficient (Wildman–Crippen LogP) is 3.29. The number of amidine groups is 1. The van der Waals surface area contributed by atoms with Gasteiger partial charge in [0.15, 0.2) is 0 Å². The minimum absolute atomic E-state index is 0.178. The lowest BCUT2D eigenvalue weighted by Gasteiger charge is -2.42. The number of nitrogens with zero attached hydrogens (tertiary/aromatic N) is 2. The third-order valence-corrected chi connectivity index (χ3v) is 6.02. The summed E-state index contributed by atoms with van der Waals surface area (Å²) in [4.78, 5) is 19.3. The number of amides is 1. The largest absolute Gasteiger partial charge is 0.371 e. The van der Waals surface area contributed by atoms with Crippen LogP contribution >= 0.6 is 11.3 Å². The minimum Gasteiger partial charge on any atom is -0.371 e. The lowest BCUT2D eigenvalue weighted by Crippen LogP contribution is -2.57. The number of likely N-dealkylation sites (tertiary alicyclic amines) is 1. The Hall–Kier alpha value is -2.49. The number of methoxy groups -OCH3 is 1. The molecule has 0 bridgehead atoms. The fraction of sp³-hybridized carbons (Fsp3) is 0.350. The van der Waals surface area contributed by atoms with Crippen molar-refractivity contribution in [1.29, 1.82) is 5.41 Å². The first-order valence-electron chi connectivity index (χ1n) is 8.25. The number of thiophene rings is 1. The van der Waals surface area contributed by atoms with Gasteiger partial charge < -0.3 is 9.64 Å². The van der Waals surface area contributed by atoms with Gasteiger partial charge in [0.05, 0.1) is 0 Å². The molecule has 0 aromatic carbocycles. The Labute approximate surface area is 157 Å². The van der Waals surface area contributed by atoms with Gasteiger partial charge in [0.1, 0.15) is 11.9 Å². The van der Waals surface area contributed by atoms with Crippen LogP contribution in [0.2, 0.25) is 0 Å². The highest BCUT2D eigenvalue weighted by molar-refractivity contribution is 7.10. The molecule has 1 aliphatic heterocycles. The average Bonchev–Trinajstić information content (AvgIpc) is 3.12. The van der Waals surface area contributed by atoms with Gasteiger partial charge in [-0.25, -0.2) is 0 Å². The van der Waals surface area contributed by atoms with E-state index in [2.05, 4.69) is 28.3 Å². The molecule has 2 aromatic rings. The quantitative estimate of drug-likeness (QED) is 0.847. The fourth-order valence-corrected chi connectivity index (χ4v) is 4.42. The number of hydrogen-bond donors (Lipinski definition) is 1. The zero-order chi connectivity index (χ0) is 18.9. The third-order valence-electron chi connectivity index (χ3n) is 4.81. The van der Waals surface area contributed by atoms with Gasteiger partial charge in [0.2, 0.25) is 0 Å². The van der Waals surface area contributed by atoms with Gasteiger partial charge >= 0.3 is 0 Å². The molecule has 2 aromatic heterocycles. The molecule has 0 spiro atoms. The number of nitrogens with one attached hydrogen (secondary N) is 1. The van der Waals surface area contributed by atoms with Crippen molar-refractivity contribution in [2.45, 2.75) is 31.8 Å². The summed E-state index contributed by atoms with van der Waals surface area (Å²) in [6.45, 7) is 3.79. The number of carbonyl (C=O) groups is 1. The van der Waals surface area contributed by atoms with E-state index in [0.29, 0.717) is 12.3 Å². The van der Waals surface area contributed by atoms with Crippen LogP contribution in [0.25, 0.3) is 11.1 Å². The van der Waals surface area contributed by atoms with Gasteiger partial charge in [0.25, 0.3) is 5.91 Å². The van der Waals surface area contributed by atoms with Crippen molar-refractivity contribution in [3.05, 3.63) is 40.3 Å². The number of carbonyl (C=O) groups excluding carboxylic acids is 1. The van der Waals surface area contributed by atoms with E-state index in [1.165, 1.54) is 4.90 Å². The fourth-order valence-electron chi connectivity index (χ4n) is 3.32. The highest BCUT2D eigenvalue weighted by Gasteiger charge is 2.48. The van der Waals surface area contributed by atoms with Crippen molar-refractivity contribution in [3.63, 3.8) is 0 Å². The van der Waals surface area contributed by atoms with Crippen LogP contribution in [0.15, 0.2) is 29.9 Å². The zero-order valence-corrected chi connectivity index (χ0v) is 16.1. The van der Waals surface area contributed by atoms with Gasteiger partial charge in [-0.15, -0.1) is 17.3 Å². The van der Waals surface area contributed by atoms with Gasteiger partial charge in [-0.3, -0.25) is 15.2 Å². The Morgan fingerprint density at radius 1 is 1.38 bits per heavy atom. The molecular formula is C20H21N3O2S. The SMILES string of the molecule is CC#Cc1cncc(-c2csc([C@@]3(C)CC(=N)N(C)C(=O)[C@H]3OC)c2)c1. The molecule has 3 rings (SSSR count). The maximum atomic E-state index is 12.6. The van der Waals surface area contributed by atoms with Crippen molar-refractivity contribution in [2.24, 2.45) is 0 Å². The van der Waals surface area contributed by atoms with Crippen molar-refractivity contribution in [1.82, 2.24) is 9.88 Å². The first-order valence-corrected chi connectivity index (χ1v) is 9.13. The van der Waals surface area contributed by atoms with Crippen LogP contribution in [0.4, 0.5) is 0 Å². The summed E-state index contributed by atoms with van der Waals surface area (Å²) in [6, 6.07) is 4.08. The van der Waals surface area contributed by atoms with Crippen LogP contribution in [0.3, 0.4) is 0 Å². The summed E-state index contributed by atoms with van der Waals surface area (Å²) in [5, 5.41) is 10.2. The number of hydrogen-bond acceptors (Lipinski definition) is 5. The van der Waals surface area contributed by atoms with Gasteiger partial charge in [0, 0.05) is 54.4 Å². The highest BCUT2D eigenvalue weighted by atomic mass is 32.1. The van der Waals surface area contributed by atoms with Crippen LogP contribution < -0.4 is 0 Å². The lowest BCUT2D eigenvalue weighted by molar-refractivity contribution is -0.143. The number of piperidine rings is 1. The third kappa shape index (κ3) is 3.05. The molecule has 0 saturated carbocycles. The first kappa shape index (κ1) is 18.3. The number of ether oxygens (including phenoxy) is 1. The van der Waals surface area contributed by atoms with Crippen LogP contribution in [-0.4, -0.2) is 41.9 Å². The van der Waals surface area contributed by atoms with Crippen LogP contribution in [0.5, 0.6) is 0 Å². The monoisotopic (exact) mass is 367 g/mol. The minimum atomic E-state index is -0.608. The van der Waals surface area contributed by atoms with E-state index in [0.717, 1.165) is 21.6 Å². The van der Waals surface area contributed by atoms with Crippen molar-refractivity contribution >= 4 is 23.1 Å². The van der Waals surface area contributed by atoms with E-state index in [-0.39, 0.29) is 5.91 Å². The Morgan fingerprint density at radius 3 is 2.85 bits per heavy atom. The van der Waals surface area contributed by atoms with Gasteiger partial charge in [-0.05, 0) is 30.0 Å². The zero-order valence-electron chi connectivity index (χ0n) is 15.3. The molecule has 1 amide bonds. The molecule has 134 valence electrons. The van der Waals surface area contributed by atoms with E-state index in [4.69, 9.17) is 10.1 Å². The molecule has 6 heteroatoms. The topological polar surface area (TPSA) is 66.3 Å². The highest BCUT2D eigenvalue weighted by Crippen LogP contribution is 2.42. The first-order chi connectivity index (χ1) is 12.4. The van der Waals surface area contributed by atoms with Gasteiger partial charge in [-0.1, -0.05) is 12.8 Å². The number of aromatic nitrogens is 1. The summed E-state index contributed by atoms with van der Waals surface area (Å²) < 4.78 is 5.55. The second-order valence-corrected chi connectivity index (χ2v) is 7.50. The molecule has 3 heterocycles. The van der Waals surface area contributed by atoms with E-state index in [1.807, 2.05) is 19.2 Å². The van der Waals surface area contributed by atoms with Crippen LogP contribution in [0.1, 0.15) is 30.7 Å². The Kier molecular flexibility index (Phi) is 4.94. The maximum absolute atomic E-state index is 12.6. The average molecular weight is 367 g/mol. The smallest absolute Gasteiger partial charge is 0.257 e. The predicted molar refractivity (Wildman–Crippen MR) is 103 cm³/mol. The molecule has 1 saturated heterocycles. The van der Waals surface area contributed by atoms with Crippen molar-refractivity contribution < 1.29 is 9.53 Å². The van der Waals surface area contributed by atoms with Gasteiger partial charge in [-0.2, -0.15) is 0 Å². The molecule has 5 nitrogen and oxygen atoms in total. The summed E-state index contributed by atoms with van der Waals surface area (Å²) in [7, 11) is 3.18. The molecule has 0 unspecified atom stereocenters. The van der Waals surface area contributed by atoms with Crippen LogP contribution in [0, 0.1) is 17.3 Å². The summed E-state index contributed by atoms with van der Waals surface area (Å²) in [5.41, 5.74) is 2.33. The number of pyridine rings is 1. The molecule has 1 N–H and O–H groups in total. The Balaban J connectivity index is 2.00. The van der Waals surface area contributed by atoms with Crippen molar-refractivity contribution in [2.75, 3.05) is 14.2 Å². The van der Waals surface area contributed by atoms with E-state index < -0.39 is 11.5 Å². The molecule has 0 aliphatic carbocycles. The standard InChI is InChI=1S/C20H21N3O2S/c1-5-6-13-7-14(11-22-10-13)15-8-16(26-12-15)20(2)9-17(21)23(3)19(24)18(20)25-4/h7-8,10-12,18,21H,9H2,1-4H3/t18-,20-/m1/s1. The molecule has 0 radical (unpaired) electrons. The van der Waals surface area contributed by atoms with E-state index in [1.54, 1.807) is 38.6 Å². The van der Waals surface area contributed by atoms with Crippen molar-refractivity contribution in [3.8, 4) is 23.0 Å². The normalized spacial score (nSPS) is 22.9. The lowest BCUT2D eigenvalue weighted by atomic mass is 9.75. The summed E-state index contributed by atoms with van der Waals surface area (Å²) in [5.74, 6) is 6.03. The number of rotatable bonds is 3. The van der Waals surface area contributed by atoms with Crippen LogP contribution in [-0.2, 0) is 14.9 Å². The van der Waals surface area contributed by atoms with E-state index in [9.17, 15) is 4.79 Å². The summed E-state index contributed by atoms with van der Waals surface area (Å²) >= 11 is 1.58. The molecule has 2 atom stereocenters. The number of likely N-dealkylation sites (N-methyl/N-ethyl adjacent to an activating group) is 1. The maximum Gasteiger partial charge on any atom is 0.257 e. The molecule has 26 heavy (non-hydrogen) atoms. The molecular weight excluding hydrogens is 346 g/mol. The second-order valence-electron chi connectivity index (χ2n) is 6.59. The second kappa shape index (κ2) is 7.02. The Bertz CT molecular complexity index is 924. The Morgan fingerprint density at radius 2 is 2.15 bits per heavy atom. The molecule has 1 fully saturated rings. The van der Waals surface area contributed by atoms with E-state index >= 15 is 0 Å². The summed E-state index contributed by atoms with van der Waals surface area (Å²) in [6.07, 6.45) is 3.40. The molecule has 1 aliphatic rings.